The number of nitrogens with zero attached hydrogens (tertiary/aromatic N) is 1. The van der Waals surface area contributed by atoms with Crippen molar-refractivity contribution >= 4 is 5.96 Å². The highest BCUT2D eigenvalue weighted by Crippen LogP contribution is 2.23. The van der Waals surface area contributed by atoms with Crippen molar-refractivity contribution in [2.45, 2.75) is 25.4 Å². The van der Waals surface area contributed by atoms with E-state index in [0.29, 0.717) is 6.61 Å². The van der Waals surface area contributed by atoms with Crippen LogP contribution in [0.25, 0.3) is 0 Å². The third-order valence-corrected chi connectivity index (χ3v) is 2.75. The molecule has 1 heterocycles. The van der Waals surface area contributed by atoms with Crippen molar-refractivity contribution in [1.29, 1.82) is 0 Å². The second-order valence-electron chi connectivity index (χ2n) is 4.25. The molecule has 5 nitrogen and oxygen atoms in total. The summed E-state index contributed by atoms with van der Waals surface area (Å²) in [4.78, 5) is 4.14. The van der Waals surface area contributed by atoms with Crippen LogP contribution < -0.4 is 10.6 Å². The molecule has 0 aliphatic carbocycles. The number of ether oxygens (including phenoxy) is 2. The Morgan fingerprint density at radius 2 is 2.31 bits per heavy atom. The molecule has 2 N–H and O–H groups in total. The Balaban J connectivity index is 2.23. The molecule has 0 radical (unpaired) electrons. The van der Waals surface area contributed by atoms with E-state index in [4.69, 9.17) is 9.47 Å². The van der Waals surface area contributed by atoms with Crippen molar-refractivity contribution < 1.29 is 9.47 Å². The Morgan fingerprint density at radius 3 is 2.88 bits per heavy atom. The molecule has 1 saturated heterocycles. The summed E-state index contributed by atoms with van der Waals surface area (Å²) < 4.78 is 10.7. The lowest BCUT2D eigenvalue weighted by Crippen LogP contribution is -2.46. The van der Waals surface area contributed by atoms with E-state index in [1.807, 2.05) is 0 Å². The summed E-state index contributed by atoms with van der Waals surface area (Å²) in [5.41, 5.74) is -0.0428. The number of guanidine groups is 1. The fraction of sp³-hybridized carbons (Fsp3) is 0.909. The van der Waals surface area contributed by atoms with Gasteiger partial charge in [-0.3, -0.25) is 4.99 Å². The zero-order valence-corrected chi connectivity index (χ0v) is 10.5. The van der Waals surface area contributed by atoms with Gasteiger partial charge >= 0.3 is 0 Å². The van der Waals surface area contributed by atoms with Gasteiger partial charge in [0.25, 0.3) is 0 Å². The summed E-state index contributed by atoms with van der Waals surface area (Å²) in [5, 5.41) is 6.44. The number of methoxy groups -OCH3 is 1. The molecule has 0 spiro atoms. The maximum absolute atomic E-state index is 5.69. The maximum Gasteiger partial charge on any atom is 0.191 e. The molecule has 1 aliphatic heterocycles. The van der Waals surface area contributed by atoms with Crippen LogP contribution in [0, 0.1) is 0 Å². The Bertz CT molecular complexity index is 225. The summed E-state index contributed by atoms with van der Waals surface area (Å²) in [6, 6.07) is 0. The lowest BCUT2D eigenvalue weighted by Gasteiger charge is -2.24. The Hall–Kier alpha value is -0.810. The second-order valence-corrected chi connectivity index (χ2v) is 4.25. The van der Waals surface area contributed by atoms with E-state index in [1.165, 1.54) is 0 Å². The molecule has 94 valence electrons. The zero-order valence-electron chi connectivity index (χ0n) is 10.5. The van der Waals surface area contributed by atoms with Crippen molar-refractivity contribution in [3.63, 3.8) is 0 Å². The summed E-state index contributed by atoms with van der Waals surface area (Å²) in [6.45, 7) is 5.23. The molecule has 16 heavy (non-hydrogen) atoms. The van der Waals surface area contributed by atoms with Crippen LogP contribution in [0.5, 0.6) is 0 Å². The average molecular weight is 229 g/mol. The van der Waals surface area contributed by atoms with Gasteiger partial charge < -0.3 is 20.1 Å². The summed E-state index contributed by atoms with van der Waals surface area (Å²) in [6.07, 6.45) is 2.25. The topological polar surface area (TPSA) is 54.9 Å². The Kier molecular flexibility index (Phi) is 5.55. The van der Waals surface area contributed by atoms with Crippen molar-refractivity contribution in [3.8, 4) is 0 Å². The standard InChI is InChI=1S/C11H23N3O2/c1-11(5-4-7-16-11)9-14-10(12-2)13-6-8-15-3/h4-9H2,1-3H3,(H2,12,13,14). The second kappa shape index (κ2) is 6.70. The summed E-state index contributed by atoms with van der Waals surface area (Å²) in [7, 11) is 3.45. The third-order valence-electron chi connectivity index (χ3n) is 2.75. The first-order chi connectivity index (χ1) is 7.70. The fourth-order valence-corrected chi connectivity index (χ4v) is 1.74. The van der Waals surface area contributed by atoms with Crippen molar-refractivity contribution in [2.24, 2.45) is 4.99 Å². The van der Waals surface area contributed by atoms with Gasteiger partial charge in [-0.2, -0.15) is 0 Å². The van der Waals surface area contributed by atoms with Gasteiger partial charge in [0, 0.05) is 33.9 Å². The minimum atomic E-state index is -0.0428. The van der Waals surface area contributed by atoms with E-state index in [0.717, 1.165) is 38.5 Å². The smallest absolute Gasteiger partial charge is 0.191 e. The molecule has 0 aromatic heterocycles. The maximum atomic E-state index is 5.69. The number of hydrogen-bond acceptors (Lipinski definition) is 3. The molecule has 1 atom stereocenters. The first-order valence-corrected chi connectivity index (χ1v) is 5.77. The predicted octanol–water partition coefficient (Wildman–Crippen LogP) is 0.367. The van der Waals surface area contributed by atoms with Crippen LogP contribution in [-0.2, 0) is 9.47 Å². The molecule has 5 heteroatoms. The summed E-state index contributed by atoms with van der Waals surface area (Å²) in [5.74, 6) is 0.800. The van der Waals surface area contributed by atoms with Gasteiger partial charge in [-0.05, 0) is 19.8 Å². The molecular formula is C11H23N3O2. The van der Waals surface area contributed by atoms with Crippen LogP contribution in [0.15, 0.2) is 4.99 Å². The molecule has 0 bridgehead atoms. The number of nitrogens with one attached hydrogen (secondary N) is 2. The van der Waals surface area contributed by atoms with E-state index in [1.54, 1.807) is 14.2 Å². The van der Waals surface area contributed by atoms with Gasteiger partial charge in [0.1, 0.15) is 0 Å². The molecule has 1 aliphatic rings. The number of hydrogen-bond donors (Lipinski definition) is 2. The molecule has 1 rings (SSSR count). The number of aliphatic imine (C=N–C) groups is 1. The lowest BCUT2D eigenvalue weighted by atomic mass is 10.0. The van der Waals surface area contributed by atoms with Gasteiger partial charge in [-0.25, -0.2) is 0 Å². The highest BCUT2D eigenvalue weighted by molar-refractivity contribution is 5.79. The van der Waals surface area contributed by atoms with Gasteiger partial charge in [0.15, 0.2) is 5.96 Å². The minimum Gasteiger partial charge on any atom is -0.383 e. The molecule has 1 unspecified atom stereocenters. The van der Waals surface area contributed by atoms with E-state index in [-0.39, 0.29) is 5.60 Å². The quantitative estimate of drug-likeness (QED) is 0.406. The van der Waals surface area contributed by atoms with E-state index >= 15 is 0 Å². The Morgan fingerprint density at radius 1 is 1.50 bits per heavy atom. The van der Waals surface area contributed by atoms with Gasteiger partial charge in [-0.15, -0.1) is 0 Å². The van der Waals surface area contributed by atoms with Gasteiger partial charge in [-0.1, -0.05) is 0 Å². The highest BCUT2D eigenvalue weighted by Gasteiger charge is 2.29. The predicted molar refractivity (Wildman–Crippen MR) is 64.8 cm³/mol. The molecule has 1 fully saturated rings. The molecule has 0 aromatic rings. The first kappa shape index (κ1) is 13.3. The highest BCUT2D eigenvalue weighted by atomic mass is 16.5. The van der Waals surface area contributed by atoms with Crippen molar-refractivity contribution in [2.75, 3.05) is 40.5 Å². The van der Waals surface area contributed by atoms with Crippen LogP contribution in [0.1, 0.15) is 19.8 Å². The average Bonchev–Trinajstić information content (AvgIpc) is 2.71. The molecular weight excluding hydrogens is 206 g/mol. The molecule has 0 saturated carbocycles. The largest absolute Gasteiger partial charge is 0.383 e. The van der Waals surface area contributed by atoms with Crippen LogP contribution >= 0.6 is 0 Å². The monoisotopic (exact) mass is 229 g/mol. The van der Waals surface area contributed by atoms with Gasteiger partial charge in [0.2, 0.25) is 0 Å². The van der Waals surface area contributed by atoms with E-state index in [9.17, 15) is 0 Å². The van der Waals surface area contributed by atoms with Crippen molar-refractivity contribution in [1.82, 2.24) is 10.6 Å². The fourth-order valence-electron chi connectivity index (χ4n) is 1.74. The van der Waals surface area contributed by atoms with Crippen LogP contribution in [0.4, 0.5) is 0 Å². The van der Waals surface area contributed by atoms with Crippen LogP contribution in [-0.4, -0.2) is 52.0 Å². The molecule has 0 amide bonds. The Labute approximate surface area is 97.6 Å². The minimum absolute atomic E-state index is 0.0428. The van der Waals surface area contributed by atoms with E-state index < -0.39 is 0 Å². The normalized spacial score (nSPS) is 25.8. The summed E-state index contributed by atoms with van der Waals surface area (Å²) >= 11 is 0. The van der Waals surface area contributed by atoms with Crippen molar-refractivity contribution in [3.05, 3.63) is 0 Å². The van der Waals surface area contributed by atoms with Crippen LogP contribution in [0.3, 0.4) is 0 Å². The van der Waals surface area contributed by atoms with Gasteiger partial charge in [0.05, 0.1) is 12.2 Å². The van der Waals surface area contributed by atoms with Crippen LogP contribution in [0.2, 0.25) is 0 Å². The molecule has 0 aromatic carbocycles. The lowest BCUT2D eigenvalue weighted by molar-refractivity contribution is 0.0242. The SMILES string of the molecule is CN=C(NCCOC)NCC1(C)CCCO1. The third kappa shape index (κ3) is 4.37. The van der Waals surface area contributed by atoms with E-state index in [2.05, 4.69) is 22.5 Å². The zero-order chi connectivity index (χ0) is 11.9. The first-order valence-electron chi connectivity index (χ1n) is 5.77. The number of rotatable bonds is 5.